The zero-order valence-corrected chi connectivity index (χ0v) is 19.3. The Morgan fingerprint density at radius 3 is 2.53 bits per heavy atom. The number of amides is 1. The van der Waals surface area contributed by atoms with Gasteiger partial charge >= 0.3 is 0 Å². The minimum absolute atomic E-state index is 0.179. The molecule has 0 atom stereocenters. The monoisotopic (exact) mass is 441 g/mol. The molecule has 1 fully saturated rings. The topological polar surface area (TPSA) is 45.7 Å². The summed E-state index contributed by atoms with van der Waals surface area (Å²) >= 11 is 3.30. The van der Waals surface area contributed by atoms with E-state index in [4.69, 9.17) is 9.72 Å². The number of methoxy groups -OCH3 is 1. The molecule has 0 spiro atoms. The van der Waals surface area contributed by atoms with Gasteiger partial charge in [-0.15, -0.1) is 22.7 Å². The van der Waals surface area contributed by atoms with Crippen molar-refractivity contribution in [3.8, 4) is 16.3 Å². The molecule has 0 aliphatic carbocycles. The average Bonchev–Trinajstić information content (AvgIpc) is 3.40. The first-order chi connectivity index (χ1) is 14.6. The third-order valence-corrected chi connectivity index (χ3v) is 7.57. The highest BCUT2D eigenvalue weighted by molar-refractivity contribution is 7.14. The predicted molar refractivity (Wildman–Crippen MR) is 124 cm³/mol. The zero-order chi connectivity index (χ0) is 21.1. The fourth-order valence-corrected chi connectivity index (χ4v) is 5.61. The molecule has 0 radical (unpaired) electrons. The minimum atomic E-state index is 0.179. The maximum absolute atomic E-state index is 12.9. The Hall–Kier alpha value is -2.22. The van der Waals surface area contributed by atoms with Crippen molar-refractivity contribution < 1.29 is 9.53 Å². The van der Waals surface area contributed by atoms with Gasteiger partial charge in [-0.1, -0.05) is 6.92 Å². The highest BCUT2D eigenvalue weighted by atomic mass is 32.1. The number of carbonyl (C=O) groups excluding carboxylic acids is 1. The molecule has 3 aromatic rings. The van der Waals surface area contributed by atoms with E-state index >= 15 is 0 Å². The number of aryl methyl sites for hydroxylation is 2. The lowest BCUT2D eigenvalue weighted by Gasteiger charge is -2.34. The Morgan fingerprint density at radius 1 is 1.17 bits per heavy atom. The molecule has 1 aliphatic heterocycles. The van der Waals surface area contributed by atoms with Crippen LogP contribution in [0.15, 0.2) is 35.7 Å². The molecular weight excluding hydrogens is 414 g/mol. The van der Waals surface area contributed by atoms with Crippen molar-refractivity contribution in [2.75, 3.05) is 33.3 Å². The van der Waals surface area contributed by atoms with Crippen LogP contribution in [-0.2, 0) is 13.0 Å². The first-order valence-electron chi connectivity index (χ1n) is 10.3. The molecule has 0 unspecified atom stereocenters. The number of carbonyl (C=O) groups is 1. The number of benzene rings is 1. The molecule has 0 bridgehead atoms. The van der Waals surface area contributed by atoms with E-state index in [9.17, 15) is 4.79 Å². The van der Waals surface area contributed by atoms with Crippen LogP contribution in [0.3, 0.4) is 0 Å². The van der Waals surface area contributed by atoms with Crippen molar-refractivity contribution in [3.05, 3.63) is 56.7 Å². The number of rotatable bonds is 6. The van der Waals surface area contributed by atoms with Crippen LogP contribution in [0.1, 0.15) is 32.7 Å². The zero-order valence-electron chi connectivity index (χ0n) is 17.7. The summed E-state index contributed by atoms with van der Waals surface area (Å²) in [6.45, 7) is 8.37. The number of piperazine rings is 1. The van der Waals surface area contributed by atoms with Gasteiger partial charge in [-0.2, -0.15) is 0 Å². The van der Waals surface area contributed by atoms with Gasteiger partial charge in [0.05, 0.1) is 17.7 Å². The van der Waals surface area contributed by atoms with Crippen molar-refractivity contribution in [2.45, 2.75) is 26.8 Å². The summed E-state index contributed by atoms with van der Waals surface area (Å²) in [7, 11) is 1.67. The molecule has 5 nitrogen and oxygen atoms in total. The minimum Gasteiger partial charge on any atom is -0.497 e. The van der Waals surface area contributed by atoms with Crippen LogP contribution < -0.4 is 4.74 Å². The number of ether oxygens (including phenoxy) is 1. The van der Waals surface area contributed by atoms with E-state index in [0.29, 0.717) is 0 Å². The van der Waals surface area contributed by atoms with Gasteiger partial charge in [0.2, 0.25) is 0 Å². The summed E-state index contributed by atoms with van der Waals surface area (Å²) in [5, 5.41) is 3.17. The molecule has 158 valence electrons. The number of thiophene rings is 1. The van der Waals surface area contributed by atoms with Crippen LogP contribution in [0.2, 0.25) is 0 Å². The lowest BCUT2D eigenvalue weighted by molar-refractivity contribution is 0.0632. The van der Waals surface area contributed by atoms with Gasteiger partial charge in [-0.05, 0) is 49.2 Å². The smallest absolute Gasteiger partial charge is 0.264 e. The summed E-state index contributed by atoms with van der Waals surface area (Å²) in [6, 6.07) is 10.1. The summed E-state index contributed by atoms with van der Waals surface area (Å²) < 4.78 is 5.23. The molecule has 1 amide bonds. The standard InChI is InChI=1S/C23H27N3O2S2/c1-4-17-13-21(30-16(17)2)23(27)26-11-9-25(10-12-26)14-19-15-29-22(24-19)18-5-7-20(28-3)8-6-18/h5-8,13,15H,4,9-12,14H2,1-3H3. The van der Waals surface area contributed by atoms with Crippen molar-refractivity contribution >= 4 is 28.6 Å². The summed E-state index contributed by atoms with van der Waals surface area (Å²) in [5.41, 5.74) is 3.49. The maximum atomic E-state index is 12.9. The Bertz CT molecular complexity index is 1000. The number of hydrogen-bond acceptors (Lipinski definition) is 6. The van der Waals surface area contributed by atoms with Crippen LogP contribution in [0, 0.1) is 6.92 Å². The van der Waals surface area contributed by atoms with E-state index in [1.165, 1.54) is 10.4 Å². The molecule has 1 aliphatic rings. The molecule has 2 aromatic heterocycles. The highest BCUT2D eigenvalue weighted by Crippen LogP contribution is 2.27. The molecule has 4 rings (SSSR count). The third kappa shape index (κ3) is 4.58. The Morgan fingerprint density at radius 2 is 1.90 bits per heavy atom. The van der Waals surface area contributed by atoms with Gasteiger partial charge < -0.3 is 9.64 Å². The first-order valence-corrected chi connectivity index (χ1v) is 12.0. The summed E-state index contributed by atoms with van der Waals surface area (Å²) in [4.78, 5) is 24.2. The molecule has 7 heteroatoms. The van der Waals surface area contributed by atoms with E-state index in [-0.39, 0.29) is 5.91 Å². The van der Waals surface area contributed by atoms with Crippen molar-refractivity contribution in [2.24, 2.45) is 0 Å². The molecule has 30 heavy (non-hydrogen) atoms. The van der Waals surface area contributed by atoms with Crippen LogP contribution >= 0.6 is 22.7 Å². The summed E-state index contributed by atoms with van der Waals surface area (Å²) in [5.74, 6) is 1.03. The van der Waals surface area contributed by atoms with Gasteiger partial charge in [-0.3, -0.25) is 9.69 Å². The Balaban J connectivity index is 1.32. The number of thiazole rings is 1. The van der Waals surface area contributed by atoms with Gasteiger partial charge in [-0.25, -0.2) is 4.98 Å². The lowest BCUT2D eigenvalue weighted by Crippen LogP contribution is -2.48. The number of aromatic nitrogens is 1. The number of hydrogen-bond donors (Lipinski definition) is 0. The molecule has 0 N–H and O–H groups in total. The number of nitrogens with zero attached hydrogens (tertiary/aromatic N) is 3. The van der Waals surface area contributed by atoms with E-state index in [1.807, 2.05) is 29.2 Å². The van der Waals surface area contributed by atoms with Crippen LogP contribution in [0.4, 0.5) is 0 Å². The van der Waals surface area contributed by atoms with Crippen LogP contribution in [-0.4, -0.2) is 54.0 Å². The second kappa shape index (κ2) is 9.29. The largest absolute Gasteiger partial charge is 0.497 e. The highest BCUT2D eigenvalue weighted by Gasteiger charge is 2.24. The van der Waals surface area contributed by atoms with Crippen molar-refractivity contribution in [1.29, 1.82) is 0 Å². The van der Waals surface area contributed by atoms with Crippen molar-refractivity contribution in [3.63, 3.8) is 0 Å². The summed E-state index contributed by atoms with van der Waals surface area (Å²) in [6.07, 6.45) is 0.982. The Kier molecular flexibility index (Phi) is 6.51. The quantitative estimate of drug-likeness (QED) is 0.556. The average molecular weight is 442 g/mol. The molecule has 0 saturated carbocycles. The lowest BCUT2D eigenvalue weighted by atomic mass is 10.2. The SMILES string of the molecule is CCc1cc(C(=O)N2CCN(Cc3csc(-c4ccc(OC)cc4)n3)CC2)sc1C. The maximum Gasteiger partial charge on any atom is 0.264 e. The second-order valence-corrected chi connectivity index (χ2v) is 9.60. The molecule has 1 aromatic carbocycles. The fraction of sp³-hybridized carbons (Fsp3) is 0.391. The van der Waals surface area contributed by atoms with Crippen LogP contribution in [0.25, 0.3) is 10.6 Å². The van der Waals surface area contributed by atoms with Crippen molar-refractivity contribution in [1.82, 2.24) is 14.8 Å². The van der Waals surface area contributed by atoms with Gasteiger partial charge in [0.15, 0.2) is 0 Å². The second-order valence-electron chi connectivity index (χ2n) is 7.49. The van der Waals surface area contributed by atoms with E-state index < -0.39 is 0 Å². The fourth-order valence-electron chi connectivity index (χ4n) is 3.72. The van der Waals surface area contributed by atoms with E-state index in [0.717, 1.165) is 66.0 Å². The van der Waals surface area contributed by atoms with Gasteiger partial charge in [0.1, 0.15) is 10.8 Å². The Labute approximate surface area is 185 Å². The predicted octanol–water partition coefficient (Wildman–Crippen LogP) is 4.71. The van der Waals surface area contributed by atoms with E-state index in [1.54, 1.807) is 29.8 Å². The normalized spacial score (nSPS) is 14.8. The van der Waals surface area contributed by atoms with Crippen LogP contribution in [0.5, 0.6) is 5.75 Å². The molecule has 3 heterocycles. The third-order valence-electron chi connectivity index (χ3n) is 5.55. The first kappa shape index (κ1) is 21.0. The van der Waals surface area contributed by atoms with E-state index in [2.05, 4.69) is 30.2 Å². The molecular formula is C23H27N3O2S2. The van der Waals surface area contributed by atoms with Gasteiger partial charge in [0, 0.05) is 48.5 Å². The van der Waals surface area contributed by atoms with Gasteiger partial charge in [0.25, 0.3) is 5.91 Å². The molecule has 1 saturated heterocycles.